The highest BCUT2D eigenvalue weighted by Gasteiger charge is 2.00. The fraction of sp³-hybridized carbons (Fsp3) is 0.667. The summed E-state index contributed by atoms with van der Waals surface area (Å²) in [5.41, 5.74) is 0. The molecule has 0 aromatic heterocycles. The molecule has 0 fully saturated rings. The molecule has 0 unspecified atom stereocenters. The SMILES string of the molecule is CC(C)NC(=O)C#CS(C)(C)C. The molecule has 1 amide bonds. The van der Waals surface area contributed by atoms with Crippen molar-refractivity contribution >= 4 is 15.9 Å². The Morgan fingerprint density at radius 1 is 1.33 bits per heavy atom. The Hall–Kier alpha value is -0.620. The molecule has 0 aliphatic heterocycles. The third kappa shape index (κ3) is 7.49. The molecule has 0 radical (unpaired) electrons. The summed E-state index contributed by atoms with van der Waals surface area (Å²) in [4.78, 5) is 11.0. The lowest BCUT2D eigenvalue weighted by Crippen LogP contribution is -2.28. The zero-order valence-electron chi connectivity index (χ0n) is 8.39. The molecule has 0 saturated heterocycles. The molecule has 70 valence electrons. The van der Waals surface area contributed by atoms with E-state index in [2.05, 4.69) is 35.3 Å². The van der Waals surface area contributed by atoms with Gasteiger partial charge in [-0.3, -0.25) is 4.79 Å². The lowest BCUT2D eigenvalue weighted by molar-refractivity contribution is -0.116. The summed E-state index contributed by atoms with van der Waals surface area (Å²) in [6.45, 7) is 3.84. The van der Waals surface area contributed by atoms with E-state index in [9.17, 15) is 4.79 Å². The van der Waals surface area contributed by atoms with Gasteiger partial charge in [-0.25, -0.2) is 0 Å². The van der Waals surface area contributed by atoms with Crippen molar-refractivity contribution in [1.82, 2.24) is 5.32 Å². The predicted octanol–water partition coefficient (Wildman–Crippen LogP) is 1.17. The zero-order valence-corrected chi connectivity index (χ0v) is 9.21. The van der Waals surface area contributed by atoms with Gasteiger partial charge in [0, 0.05) is 12.0 Å². The smallest absolute Gasteiger partial charge is 0.296 e. The fourth-order valence-corrected chi connectivity index (χ4v) is 0.897. The van der Waals surface area contributed by atoms with Crippen molar-refractivity contribution in [1.29, 1.82) is 0 Å². The van der Waals surface area contributed by atoms with Crippen LogP contribution in [-0.2, 0) is 4.79 Å². The van der Waals surface area contributed by atoms with Gasteiger partial charge in [0.1, 0.15) is 0 Å². The maximum Gasteiger partial charge on any atom is 0.296 e. The molecule has 3 heteroatoms. The van der Waals surface area contributed by atoms with E-state index in [4.69, 9.17) is 0 Å². The average Bonchev–Trinajstić information content (AvgIpc) is 1.80. The van der Waals surface area contributed by atoms with Crippen molar-refractivity contribution in [2.45, 2.75) is 19.9 Å². The molecule has 0 aromatic rings. The van der Waals surface area contributed by atoms with E-state index in [1.807, 2.05) is 13.8 Å². The molecule has 12 heavy (non-hydrogen) atoms. The van der Waals surface area contributed by atoms with Gasteiger partial charge >= 0.3 is 0 Å². The minimum atomic E-state index is -0.877. The quantitative estimate of drug-likeness (QED) is 0.613. The number of carbonyl (C=O) groups is 1. The third-order valence-corrected chi connectivity index (χ3v) is 1.60. The van der Waals surface area contributed by atoms with Crippen molar-refractivity contribution in [2.75, 3.05) is 18.8 Å². The maximum absolute atomic E-state index is 11.0. The lowest BCUT2D eigenvalue weighted by atomic mass is 10.4. The Kier molecular flexibility index (Phi) is 4.19. The molecular weight excluding hydrogens is 170 g/mol. The molecule has 0 rings (SSSR count). The summed E-state index contributed by atoms with van der Waals surface area (Å²) in [5, 5.41) is 5.66. The van der Waals surface area contributed by atoms with Crippen LogP contribution in [0, 0.1) is 11.2 Å². The number of nitrogens with one attached hydrogen (secondary N) is 1. The highest BCUT2D eigenvalue weighted by molar-refractivity contribution is 8.36. The molecule has 0 atom stereocenters. The Morgan fingerprint density at radius 3 is 2.17 bits per heavy atom. The minimum absolute atomic E-state index is 0.168. The largest absolute Gasteiger partial charge is 0.343 e. The lowest BCUT2D eigenvalue weighted by Gasteiger charge is -2.14. The predicted molar refractivity (Wildman–Crippen MR) is 56.4 cm³/mol. The second-order valence-electron chi connectivity index (χ2n) is 3.69. The monoisotopic (exact) mass is 187 g/mol. The van der Waals surface area contributed by atoms with Crippen LogP contribution < -0.4 is 5.32 Å². The minimum Gasteiger partial charge on any atom is -0.343 e. The first kappa shape index (κ1) is 11.4. The van der Waals surface area contributed by atoms with Crippen molar-refractivity contribution in [2.24, 2.45) is 0 Å². The van der Waals surface area contributed by atoms with Gasteiger partial charge in [-0.05, 0) is 37.9 Å². The van der Waals surface area contributed by atoms with E-state index < -0.39 is 10.0 Å². The molecular formula is C9H17NOS. The normalized spacial score (nSPS) is 11.8. The maximum atomic E-state index is 11.0. The van der Waals surface area contributed by atoms with E-state index in [1.165, 1.54) is 0 Å². The van der Waals surface area contributed by atoms with Crippen LogP contribution in [-0.4, -0.2) is 30.7 Å². The topological polar surface area (TPSA) is 29.1 Å². The molecule has 0 aliphatic carbocycles. The summed E-state index contributed by atoms with van der Waals surface area (Å²) in [7, 11) is -0.877. The summed E-state index contributed by atoms with van der Waals surface area (Å²) in [6, 6.07) is 0.168. The van der Waals surface area contributed by atoms with Crippen LogP contribution in [0.3, 0.4) is 0 Å². The molecule has 0 bridgehead atoms. The third-order valence-electron chi connectivity index (χ3n) is 0.891. The Bertz CT molecular complexity index is 217. The van der Waals surface area contributed by atoms with Crippen LogP contribution >= 0.6 is 10.0 Å². The number of rotatable bonds is 1. The van der Waals surface area contributed by atoms with Crippen LogP contribution in [0.25, 0.3) is 0 Å². The van der Waals surface area contributed by atoms with Gasteiger partial charge in [0.15, 0.2) is 0 Å². The second kappa shape index (κ2) is 4.42. The summed E-state index contributed by atoms with van der Waals surface area (Å²) >= 11 is 0. The van der Waals surface area contributed by atoms with E-state index >= 15 is 0 Å². The molecule has 1 N–H and O–H groups in total. The zero-order chi connectivity index (χ0) is 9.78. The van der Waals surface area contributed by atoms with Crippen molar-refractivity contribution in [3.8, 4) is 11.2 Å². The van der Waals surface area contributed by atoms with Crippen LogP contribution in [0.2, 0.25) is 0 Å². The van der Waals surface area contributed by atoms with Crippen LogP contribution in [0.5, 0.6) is 0 Å². The van der Waals surface area contributed by atoms with E-state index in [-0.39, 0.29) is 11.9 Å². The van der Waals surface area contributed by atoms with Gasteiger partial charge in [0.2, 0.25) is 0 Å². The average molecular weight is 187 g/mol. The van der Waals surface area contributed by atoms with Crippen LogP contribution in [0.1, 0.15) is 13.8 Å². The molecule has 0 saturated carbocycles. The number of carbonyl (C=O) groups excluding carboxylic acids is 1. The molecule has 0 aromatic carbocycles. The van der Waals surface area contributed by atoms with E-state index in [0.29, 0.717) is 0 Å². The number of hydrogen-bond acceptors (Lipinski definition) is 1. The van der Waals surface area contributed by atoms with Gasteiger partial charge < -0.3 is 5.32 Å². The Morgan fingerprint density at radius 2 is 1.83 bits per heavy atom. The standard InChI is InChI=1S/C9H17NOS/c1-8(2)10-9(11)6-7-12(3,4)5/h8H,1-5H3,(H,10,11). The van der Waals surface area contributed by atoms with Crippen LogP contribution in [0.15, 0.2) is 0 Å². The Balaban J connectivity index is 4.06. The first-order chi connectivity index (χ1) is 5.31. The first-order valence-electron chi connectivity index (χ1n) is 3.83. The van der Waals surface area contributed by atoms with Gasteiger partial charge in [0.25, 0.3) is 5.91 Å². The summed E-state index contributed by atoms with van der Waals surface area (Å²) in [6.07, 6.45) is 6.17. The number of amides is 1. The van der Waals surface area contributed by atoms with Crippen molar-refractivity contribution < 1.29 is 4.79 Å². The Labute approximate surface area is 76.4 Å². The molecule has 0 aliphatic rings. The molecule has 0 spiro atoms. The fourth-order valence-electron chi connectivity index (χ4n) is 0.498. The van der Waals surface area contributed by atoms with Gasteiger partial charge in [0.05, 0.1) is 0 Å². The molecule has 0 heterocycles. The van der Waals surface area contributed by atoms with Gasteiger partial charge in [-0.2, -0.15) is 10.0 Å². The van der Waals surface area contributed by atoms with Gasteiger partial charge in [-0.15, -0.1) is 0 Å². The second-order valence-corrected chi connectivity index (χ2v) is 7.57. The van der Waals surface area contributed by atoms with Gasteiger partial charge in [-0.1, -0.05) is 0 Å². The van der Waals surface area contributed by atoms with Crippen LogP contribution in [0.4, 0.5) is 0 Å². The highest BCUT2D eigenvalue weighted by Crippen LogP contribution is 2.31. The summed E-state index contributed by atoms with van der Waals surface area (Å²) in [5.74, 6) is 2.42. The van der Waals surface area contributed by atoms with E-state index in [0.717, 1.165) is 0 Å². The van der Waals surface area contributed by atoms with E-state index in [1.54, 1.807) is 0 Å². The first-order valence-corrected chi connectivity index (χ1v) is 6.68. The summed E-state index contributed by atoms with van der Waals surface area (Å²) < 4.78 is 0. The van der Waals surface area contributed by atoms with Crippen molar-refractivity contribution in [3.63, 3.8) is 0 Å². The molecule has 2 nitrogen and oxygen atoms in total. The highest BCUT2D eigenvalue weighted by atomic mass is 32.3. The number of hydrogen-bond donors (Lipinski definition) is 1. The van der Waals surface area contributed by atoms with Crippen molar-refractivity contribution in [3.05, 3.63) is 0 Å².